The fraction of sp³-hybridized carbons (Fsp3) is 0.818. The van der Waals surface area contributed by atoms with Gasteiger partial charge in [-0.1, -0.05) is 0 Å². The maximum Gasteiger partial charge on any atom is 0.309 e. The molecule has 0 unspecified atom stereocenters. The van der Waals surface area contributed by atoms with Gasteiger partial charge in [-0.2, -0.15) is 0 Å². The average Bonchev–Trinajstić information content (AvgIpc) is 2.82. The van der Waals surface area contributed by atoms with E-state index < -0.39 is 23.9 Å². The van der Waals surface area contributed by atoms with E-state index in [0.29, 0.717) is 12.8 Å². The number of hydrogen-bond donors (Lipinski definition) is 1. The second-order valence-corrected chi connectivity index (χ2v) is 4.56. The van der Waals surface area contributed by atoms with Crippen molar-refractivity contribution < 1.29 is 24.2 Å². The van der Waals surface area contributed by atoms with Gasteiger partial charge in [0.2, 0.25) is 0 Å². The molecule has 5 heteroatoms. The van der Waals surface area contributed by atoms with Crippen LogP contribution in [0.3, 0.4) is 0 Å². The van der Waals surface area contributed by atoms with Crippen LogP contribution in [0.4, 0.5) is 0 Å². The second-order valence-electron chi connectivity index (χ2n) is 4.56. The van der Waals surface area contributed by atoms with Gasteiger partial charge in [0, 0.05) is 0 Å². The Morgan fingerprint density at radius 2 is 1.62 bits per heavy atom. The minimum Gasteiger partial charge on any atom is -0.469 e. The maximum absolute atomic E-state index is 11.6. The highest BCUT2D eigenvalue weighted by Crippen LogP contribution is 2.53. The van der Waals surface area contributed by atoms with Crippen molar-refractivity contribution in [2.75, 3.05) is 14.2 Å². The number of esters is 2. The summed E-state index contributed by atoms with van der Waals surface area (Å²) in [5.41, 5.74) is 0. The van der Waals surface area contributed by atoms with E-state index in [-0.39, 0.29) is 17.8 Å². The lowest BCUT2D eigenvalue weighted by Gasteiger charge is -2.29. The zero-order chi connectivity index (χ0) is 11.9. The molecular formula is C11H16O5. The van der Waals surface area contributed by atoms with Crippen LogP contribution in [0, 0.1) is 23.7 Å². The zero-order valence-corrected chi connectivity index (χ0v) is 9.38. The molecule has 0 heterocycles. The fourth-order valence-corrected chi connectivity index (χ4v) is 3.26. The van der Waals surface area contributed by atoms with Crippen LogP contribution in [0.25, 0.3) is 0 Å². The average molecular weight is 228 g/mol. The van der Waals surface area contributed by atoms with Crippen molar-refractivity contribution in [1.29, 1.82) is 0 Å². The van der Waals surface area contributed by atoms with Gasteiger partial charge in [0.05, 0.1) is 32.2 Å². The molecule has 2 rings (SSSR count). The number of ether oxygens (including phenoxy) is 2. The van der Waals surface area contributed by atoms with E-state index in [2.05, 4.69) is 0 Å². The molecule has 2 saturated carbocycles. The summed E-state index contributed by atoms with van der Waals surface area (Å²) < 4.78 is 9.42. The van der Waals surface area contributed by atoms with Gasteiger partial charge < -0.3 is 14.6 Å². The van der Waals surface area contributed by atoms with Crippen molar-refractivity contribution in [3.05, 3.63) is 0 Å². The lowest BCUT2D eigenvalue weighted by atomic mass is 9.78. The number of methoxy groups -OCH3 is 2. The summed E-state index contributed by atoms with van der Waals surface area (Å²) >= 11 is 0. The SMILES string of the molecule is COC(=O)[C@H]1[C@@H]2C[C@@H]([C@@H]1C(=O)OC)[C@H](O)C2. The first-order valence-corrected chi connectivity index (χ1v) is 5.43. The quantitative estimate of drug-likeness (QED) is 0.672. The van der Waals surface area contributed by atoms with Crippen LogP contribution in [-0.2, 0) is 19.1 Å². The lowest BCUT2D eigenvalue weighted by Crippen LogP contribution is -2.41. The summed E-state index contributed by atoms with van der Waals surface area (Å²) in [6.07, 6.45) is 0.800. The molecular weight excluding hydrogens is 212 g/mol. The predicted molar refractivity (Wildman–Crippen MR) is 53.2 cm³/mol. The summed E-state index contributed by atoms with van der Waals surface area (Å²) in [5, 5.41) is 9.75. The fourth-order valence-electron chi connectivity index (χ4n) is 3.26. The number of fused-ring (bicyclic) bond motifs is 2. The van der Waals surface area contributed by atoms with Gasteiger partial charge in [0.15, 0.2) is 0 Å². The molecule has 0 radical (unpaired) electrons. The summed E-state index contributed by atoms with van der Waals surface area (Å²) in [6.45, 7) is 0. The Bertz CT molecular complexity index is 313. The Balaban J connectivity index is 2.24. The van der Waals surface area contributed by atoms with Crippen LogP contribution in [0.15, 0.2) is 0 Å². The van der Waals surface area contributed by atoms with Crippen molar-refractivity contribution in [3.63, 3.8) is 0 Å². The molecule has 90 valence electrons. The van der Waals surface area contributed by atoms with E-state index in [0.717, 1.165) is 0 Å². The van der Waals surface area contributed by atoms with Crippen LogP contribution in [0.5, 0.6) is 0 Å². The van der Waals surface area contributed by atoms with Gasteiger partial charge in [-0.05, 0) is 24.7 Å². The number of carbonyl (C=O) groups excluding carboxylic acids is 2. The predicted octanol–water partition coefficient (Wildman–Crippen LogP) is -0.0345. The summed E-state index contributed by atoms with van der Waals surface area (Å²) in [6, 6.07) is 0. The standard InChI is InChI=1S/C11H16O5/c1-15-10(13)8-5-3-6(7(12)4-5)9(8)11(14)16-2/h5-9,12H,3-4H2,1-2H3/t5-,6-,7-,8+,9+/m1/s1. The molecule has 5 atom stereocenters. The first-order valence-electron chi connectivity index (χ1n) is 5.43. The van der Waals surface area contributed by atoms with Crippen molar-refractivity contribution in [2.45, 2.75) is 18.9 Å². The Hall–Kier alpha value is -1.10. The zero-order valence-electron chi connectivity index (χ0n) is 9.38. The van der Waals surface area contributed by atoms with Crippen LogP contribution in [-0.4, -0.2) is 37.4 Å². The summed E-state index contributed by atoms with van der Waals surface area (Å²) in [7, 11) is 2.62. The van der Waals surface area contributed by atoms with Gasteiger partial charge >= 0.3 is 11.9 Å². The number of hydrogen-bond acceptors (Lipinski definition) is 5. The Morgan fingerprint density at radius 3 is 2.19 bits per heavy atom. The van der Waals surface area contributed by atoms with Gasteiger partial charge in [-0.25, -0.2) is 0 Å². The number of aliphatic hydroxyl groups is 1. The molecule has 0 aromatic rings. The van der Waals surface area contributed by atoms with E-state index in [1.807, 2.05) is 0 Å². The van der Waals surface area contributed by atoms with E-state index in [1.165, 1.54) is 14.2 Å². The second kappa shape index (κ2) is 4.05. The largest absolute Gasteiger partial charge is 0.469 e. The Morgan fingerprint density at radius 1 is 1.06 bits per heavy atom. The number of rotatable bonds is 2. The molecule has 0 amide bonds. The highest BCUT2D eigenvalue weighted by atomic mass is 16.5. The summed E-state index contributed by atoms with van der Waals surface area (Å²) in [5.74, 6) is -1.86. The molecule has 2 fully saturated rings. The lowest BCUT2D eigenvalue weighted by molar-refractivity contribution is -0.162. The van der Waals surface area contributed by atoms with E-state index in [1.54, 1.807) is 0 Å². The molecule has 0 aromatic heterocycles. The first-order chi connectivity index (χ1) is 7.60. The molecule has 2 aliphatic carbocycles. The minimum absolute atomic E-state index is 0.0524. The first kappa shape index (κ1) is 11.4. The third-order valence-electron chi connectivity index (χ3n) is 3.92. The molecule has 0 aliphatic heterocycles. The summed E-state index contributed by atoms with van der Waals surface area (Å²) in [4.78, 5) is 23.3. The highest BCUT2D eigenvalue weighted by Gasteiger charge is 2.58. The van der Waals surface area contributed by atoms with Crippen molar-refractivity contribution in [1.82, 2.24) is 0 Å². The number of aliphatic hydroxyl groups excluding tert-OH is 1. The molecule has 2 aliphatic rings. The third-order valence-corrected chi connectivity index (χ3v) is 3.92. The van der Waals surface area contributed by atoms with Crippen molar-refractivity contribution in [3.8, 4) is 0 Å². The molecule has 1 N–H and O–H groups in total. The maximum atomic E-state index is 11.6. The Labute approximate surface area is 93.7 Å². The minimum atomic E-state index is -0.536. The topological polar surface area (TPSA) is 72.8 Å². The van der Waals surface area contributed by atoms with Gasteiger partial charge in [0.25, 0.3) is 0 Å². The molecule has 16 heavy (non-hydrogen) atoms. The van der Waals surface area contributed by atoms with Crippen LogP contribution >= 0.6 is 0 Å². The normalized spacial score (nSPS) is 40.8. The van der Waals surface area contributed by atoms with Gasteiger partial charge in [-0.15, -0.1) is 0 Å². The monoisotopic (exact) mass is 228 g/mol. The Kier molecular flexibility index (Phi) is 2.88. The van der Waals surface area contributed by atoms with Crippen molar-refractivity contribution >= 4 is 11.9 Å². The van der Waals surface area contributed by atoms with Crippen LogP contribution in [0.1, 0.15) is 12.8 Å². The van der Waals surface area contributed by atoms with Crippen molar-refractivity contribution in [2.24, 2.45) is 23.7 Å². The van der Waals surface area contributed by atoms with E-state index >= 15 is 0 Å². The van der Waals surface area contributed by atoms with Gasteiger partial charge in [-0.3, -0.25) is 9.59 Å². The molecule has 2 bridgehead atoms. The molecule has 0 aromatic carbocycles. The molecule has 0 spiro atoms. The van der Waals surface area contributed by atoms with Crippen LogP contribution < -0.4 is 0 Å². The van der Waals surface area contributed by atoms with Gasteiger partial charge in [0.1, 0.15) is 0 Å². The smallest absolute Gasteiger partial charge is 0.309 e. The van der Waals surface area contributed by atoms with E-state index in [4.69, 9.17) is 9.47 Å². The third kappa shape index (κ3) is 1.50. The highest BCUT2D eigenvalue weighted by molar-refractivity contribution is 5.83. The van der Waals surface area contributed by atoms with E-state index in [9.17, 15) is 14.7 Å². The van der Waals surface area contributed by atoms with Crippen LogP contribution in [0.2, 0.25) is 0 Å². The molecule has 5 nitrogen and oxygen atoms in total. The number of carbonyl (C=O) groups is 2. The molecule has 0 saturated heterocycles.